The Hall–Kier alpha value is -0.750. The van der Waals surface area contributed by atoms with Crippen LogP contribution in [0.4, 0.5) is 0 Å². The topological polar surface area (TPSA) is 38.5 Å². The fourth-order valence-electron chi connectivity index (χ4n) is 2.16. The van der Waals surface area contributed by atoms with Gasteiger partial charge < -0.3 is 9.55 Å². The summed E-state index contributed by atoms with van der Waals surface area (Å²) >= 11 is 7.31. The van der Waals surface area contributed by atoms with Crippen LogP contribution in [0.2, 0.25) is 0 Å². The van der Waals surface area contributed by atoms with Crippen LogP contribution in [0.3, 0.4) is 0 Å². The Labute approximate surface area is 117 Å². The van der Waals surface area contributed by atoms with Crippen LogP contribution in [0.25, 0.3) is 11.2 Å². The van der Waals surface area contributed by atoms with E-state index in [0.29, 0.717) is 5.25 Å². The number of aryl methyl sites for hydroxylation is 3. The zero-order valence-electron chi connectivity index (χ0n) is 11.4. The molecule has 2 aromatic rings. The van der Waals surface area contributed by atoms with Crippen molar-refractivity contribution in [3.63, 3.8) is 0 Å². The lowest BCUT2D eigenvalue weighted by Crippen LogP contribution is -2.07. The summed E-state index contributed by atoms with van der Waals surface area (Å²) in [5.74, 6) is 0. The first-order valence-corrected chi connectivity index (χ1v) is 7.95. The lowest BCUT2D eigenvalue weighted by molar-refractivity contribution is 0.624. The quantitative estimate of drug-likeness (QED) is 0.857. The number of hydrogen-bond donors (Lipinski definition) is 1. The third-order valence-corrected chi connectivity index (χ3v) is 4.68. The fraction of sp³-hybridized carbons (Fsp3) is 0.667. The first-order chi connectivity index (χ1) is 8.58. The van der Waals surface area contributed by atoms with E-state index in [0.717, 1.165) is 41.0 Å². The molecule has 1 unspecified atom stereocenters. The van der Waals surface area contributed by atoms with Gasteiger partial charge in [0.15, 0.2) is 10.4 Å². The van der Waals surface area contributed by atoms with E-state index >= 15 is 0 Å². The molecule has 0 saturated heterocycles. The van der Waals surface area contributed by atoms with E-state index in [9.17, 15) is 0 Å². The molecule has 0 saturated carbocycles. The molecule has 18 heavy (non-hydrogen) atoms. The Morgan fingerprint density at radius 1 is 1.50 bits per heavy atom. The van der Waals surface area contributed by atoms with Crippen LogP contribution in [0.5, 0.6) is 0 Å². The molecule has 0 spiro atoms. The van der Waals surface area contributed by atoms with Crippen LogP contribution in [0.1, 0.15) is 26.0 Å². The van der Waals surface area contributed by atoms with E-state index in [2.05, 4.69) is 34.8 Å². The molecule has 1 N–H and O–H groups in total. The van der Waals surface area contributed by atoms with Gasteiger partial charge in [-0.25, -0.2) is 0 Å². The Morgan fingerprint density at radius 2 is 2.22 bits per heavy atom. The molecule has 100 valence electrons. The number of nitrogens with zero attached hydrogens (tertiary/aromatic N) is 3. The number of fused-ring (bicyclic) bond motifs is 1. The predicted octanol–water partition coefficient (Wildman–Crippen LogP) is 3.14. The van der Waals surface area contributed by atoms with Crippen molar-refractivity contribution < 1.29 is 0 Å². The van der Waals surface area contributed by atoms with Gasteiger partial charge in [-0.3, -0.25) is 4.68 Å². The van der Waals surface area contributed by atoms with Crippen molar-refractivity contribution in [2.75, 3.05) is 6.26 Å². The van der Waals surface area contributed by atoms with Gasteiger partial charge in [0.05, 0.1) is 5.69 Å². The average molecular weight is 284 g/mol. The molecule has 0 radical (unpaired) electrons. The lowest BCUT2D eigenvalue weighted by Gasteiger charge is -2.09. The number of aromatic nitrogens is 4. The standard InChI is InChI=1S/C12H20N4S2/c1-5-9-10-11(15(3)14-9)16(12(17)13-10)7-6-8(2)18-4/h8H,5-7H2,1-4H3,(H,13,17). The van der Waals surface area contributed by atoms with Crippen molar-refractivity contribution in [1.29, 1.82) is 0 Å². The zero-order valence-corrected chi connectivity index (χ0v) is 13.0. The highest BCUT2D eigenvalue weighted by molar-refractivity contribution is 7.99. The van der Waals surface area contributed by atoms with Gasteiger partial charge in [0.1, 0.15) is 5.52 Å². The van der Waals surface area contributed by atoms with Gasteiger partial charge in [-0.15, -0.1) is 0 Å². The second-order valence-corrected chi connectivity index (χ2v) is 6.20. The second kappa shape index (κ2) is 5.48. The molecule has 0 bridgehead atoms. The van der Waals surface area contributed by atoms with Crippen LogP contribution in [0, 0.1) is 4.77 Å². The Bertz CT molecular complexity index is 593. The predicted molar refractivity (Wildman–Crippen MR) is 80.9 cm³/mol. The SMILES string of the molecule is CCc1nn(C)c2c1[nH]c(=S)n2CCC(C)SC. The van der Waals surface area contributed by atoms with E-state index in [-0.39, 0.29) is 0 Å². The fourth-order valence-corrected chi connectivity index (χ4v) is 2.78. The molecule has 1 atom stereocenters. The molecular formula is C12H20N4S2. The highest BCUT2D eigenvalue weighted by Gasteiger charge is 2.14. The Balaban J connectivity index is 2.41. The third-order valence-electron chi connectivity index (χ3n) is 3.32. The van der Waals surface area contributed by atoms with Gasteiger partial charge in [-0.2, -0.15) is 16.9 Å². The molecule has 6 heteroatoms. The van der Waals surface area contributed by atoms with Gasteiger partial charge in [-0.05, 0) is 31.3 Å². The van der Waals surface area contributed by atoms with Crippen molar-refractivity contribution in [1.82, 2.24) is 19.3 Å². The Kier molecular flexibility index (Phi) is 4.17. The van der Waals surface area contributed by atoms with Crippen LogP contribution < -0.4 is 0 Å². The molecule has 0 aliphatic heterocycles. The van der Waals surface area contributed by atoms with E-state index in [1.165, 1.54) is 0 Å². The summed E-state index contributed by atoms with van der Waals surface area (Å²) in [4.78, 5) is 3.30. The molecule has 2 aromatic heterocycles. The Morgan fingerprint density at radius 3 is 2.83 bits per heavy atom. The van der Waals surface area contributed by atoms with Gasteiger partial charge in [-0.1, -0.05) is 13.8 Å². The minimum atomic E-state index is 0.649. The van der Waals surface area contributed by atoms with E-state index < -0.39 is 0 Å². The molecule has 0 aliphatic carbocycles. The lowest BCUT2D eigenvalue weighted by atomic mass is 10.3. The highest BCUT2D eigenvalue weighted by atomic mass is 32.2. The molecule has 2 rings (SSSR count). The van der Waals surface area contributed by atoms with Crippen molar-refractivity contribution in [2.45, 2.75) is 38.5 Å². The number of H-pyrrole nitrogens is 1. The van der Waals surface area contributed by atoms with Crippen molar-refractivity contribution in [2.24, 2.45) is 7.05 Å². The molecule has 0 aliphatic rings. The summed E-state index contributed by atoms with van der Waals surface area (Å²) in [7, 11) is 1.98. The number of imidazole rings is 1. The number of aromatic amines is 1. The monoisotopic (exact) mass is 284 g/mol. The molecule has 4 nitrogen and oxygen atoms in total. The maximum atomic E-state index is 5.42. The molecule has 0 fully saturated rings. The average Bonchev–Trinajstić information content (AvgIpc) is 2.84. The summed E-state index contributed by atoms with van der Waals surface area (Å²) in [6, 6.07) is 0. The van der Waals surface area contributed by atoms with Crippen LogP contribution in [-0.4, -0.2) is 30.8 Å². The van der Waals surface area contributed by atoms with Gasteiger partial charge >= 0.3 is 0 Å². The summed E-state index contributed by atoms with van der Waals surface area (Å²) in [5, 5.41) is 5.18. The minimum Gasteiger partial charge on any atom is -0.328 e. The van der Waals surface area contributed by atoms with Gasteiger partial charge in [0.25, 0.3) is 0 Å². The number of hydrogen-bond acceptors (Lipinski definition) is 3. The maximum absolute atomic E-state index is 5.42. The smallest absolute Gasteiger partial charge is 0.179 e. The third kappa shape index (κ3) is 2.36. The summed E-state index contributed by atoms with van der Waals surface area (Å²) in [5.41, 5.74) is 3.31. The molecule has 2 heterocycles. The highest BCUT2D eigenvalue weighted by Crippen LogP contribution is 2.20. The van der Waals surface area contributed by atoms with E-state index in [1.807, 2.05) is 23.5 Å². The van der Waals surface area contributed by atoms with Gasteiger partial charge in [0.2, 0.25) is 0 Å². The molecular weight excluding hydrogens is 264 g/mol. The molecule has 0 amide bonds. The van der Waals surface area contributed by atoms with Crippen LogP contribution in [-0.2, 0) is 20.0 Å². The van der Waals surface area contributed by atoms with E-state index in [1.54, 1.807) is 0 Å². The summed E-state index contributed by atoms with van der Waals surface area (Å²) in [6.07, 6.45) is 4.19. The summed E-state index contributed by atoms with van der Waals surface area (Å²) in [6.45, 7) is 5.31. The van der Waals surface area contributed by atoms with Crippen molar-refractivity contribution in [3.8, 4) is 0 Å². The largest absolute Gasteiger partial charge is 0.328 e. The first kappa shape index (κ1) is 13.7. The number of thioether (sulfide) groups is 1. The molecule has 0 aromatic carbocycles. The van der Waals surface area contributed by atoms with Crippen molar-refractivity contribution >= 4 is 35.1 Å². The van der Waals surface area contributed by atoms with Crippen LogP contribution in [0.15, 0.2) is 0 Å². The van der Waals surface area contributed by atoms with Crippen LogP contribution >= 0.6 is 24.0 Å². The maximum Gasteiger partial charge on any atom is 0.179 e. The summed E-state index contributed by atoms with van der Waals surface area (Å²) < 4.78 is 4.91. The normalized spacial score (nSPS) is 13.3. The minimum absolute atomic E-state index is 0.649. The van der Waals surface area contributed by atoms with E-state index in [4.69, 9.17) is 12.2 Å². The zero-order chi connectivity index (χ0) is 13.3. The van der Waals surface area contributed by atoms with Gasteiger partial charge in [0, 0.05) is 18.8 Å². The van der Waals surface area contributed by atoms with Crippen molar-refractivity contribution in [3.05, 3.63) is 10.5 Å². The first-order valence-electron chi connectivity index (χ1n) is 6.25. The second-order valence-electron chi connectivity index (χ2n) is 4.54. The number of nitrogens with one attached hydrogen (secondary N) is 1. The number of rotatable bonds is 5.